The van der Waals surface area contributed by atoms with Crippen molar-refractivity contribution in [2.45, 2.75) is 13.8 Å². The van der Waals surface area contributed by atoms with Crippen molar-refractivity contribution in [2.75, 3.05) is 0 Å². The van der Waals surface area contributed by atoms with Crippen molar-refractivity contribution >= 4 is 11.2 Å². The third-order valence-electron chi connectivity index (χ3n) is 1.06. The van der Waals surface area contributed by atoms with Crippen molar-refractivity contribution in [3.05, 3.63) is 24.3 Å². The lowest BCUT2D eigenvalue weighted by atomic mass is 10.4. The van der Waals surface area contributed by atoms with E-state index in [9.17, 15) is 0 Å². The van der Waals surface area contributed by atoms with E-state index in [-0.39, 0.29) is 0 Å². The normalized spacial score (nSPS) is 9.11. The molecule has 0 unspecified atom stereocenters. The van der Waals surface area contributed by atoms with Crippen LogP contribution in [0.2, 0.25) is 0 Å². The largest absolute Gasteiger partial charge is 0.457 e. The van der Waals surface area contributed by atoms with E-state index in [0.717, 1.165) is 11.2 Å². The Morgan fingerprint density at radius 2 is 1.22 bits per heavy atom. The molecule has 9 heavy (non-hydrogen) atoms. The first-order valence-electron chi connectivity index (χ1n) is 3.23. The smallest absolute Gasteiger partial charge is 0.127 e. The van der Waals surface area contributed by atoms with E-state index in [2.05, 4.69) is 0 Å². The second-order valence-corrected chi connectivity index (χ2v) is 1.57. The minimum absolute atomic E-state index is 0.968. The molecule has 1 nitrogen and oxygen atoms in total. The van der Waals surface area contributed by atoms with Gasteiger partial charge in [0.2, 0.25) is 0 Å². The fourth-order valence-corrected chi connectivity index (χ4v) is 0.712. The van der Waals surface area contributed by atoms with Gasteiger partial charge in [0.25, 0.3) is 0 Å². The van der Waals surface area contributed by atoms with Crippen LogP contribution in [0.4, 0.5) is 0 Å². The molecule has 2 bridgehead atoms. The van der Waals surface area contributed by atoms with Gasteiger partial charge in [0.05, 0.1) is 0 Å². The highest BCUT2D eigenvalue weighted by Crippen LogP contribution is 2.13. The molecule has 2 rings (SSSR count). The molecule has 0 fully saturated rings. The van der Waals surface area contributed by atoms with Gasteiger partial charge in [0.1, 0.15) is 11.2 Å². The molecular weight excluding hydrogens is 112 g/mol. The zero-order valence-electron chi connectivity index (χ0n) is 5.72. The predicted molar refractivity (Wildman–Crippen MR) is 38.7 cm³/mol. The Kier molecular flexibility index (Phi) is 1.73. The second kappa shape index (κ2) is 2.53. The first kappa shape index (κ1) is 6.14. The lowest BCUT2D eigenvalue weighted by Crippen LogP contribution is -1.43. The number of rotatable bonds is 0. The number of furan rings is 2. The number of hydrogen-bond acceptors (Lipinski definition) is 1. The molecule has 1 heteroatoms. The summed E-state index contributed by atoms with van der Waals surface area (Å²) in [4.78, 5) is 0. The van der Waals surface area contributed by atoms with Gasteiger partial charge in [-0.15, -0.1) is 0 Å². The number of benzene rings is 1. The Balaban J connectivity index is 0.000000186. The van der Waals surface area contributed by atoms with Crippen LogP contribution in [0.25, 0.3) is 11.2 Å². The monoisotopic (exact) mass is 122 g/mol. The van der Waals surface area contributed by atoms with E-state index < -0.39 is 0 Å². The molecule has 0 amide bonds. The average molecular weight is 122 g/mol. The zero-order chi connectivity index (χ0) is 6.69. The fourth-order valence-electron chi connectivity index (χ4n) is 0.712. The minimum atomic E-state index is 0.968. The minimum Gasteiger partial charge on any atom is -0.457 e. The zero-order valence-corrected chi connectivity index (χ0v) is 5.72. The molecular formula is C8H10O. The van der Waals surface area contributed by atoms with Crippen LogP contribution in [0.3, 0.4) is 0 Å². The molecule has 0 saturated carbocycles. The lowest BCUT2D eigenvalue weighted by Gasteiger charge is -1.60. The summed E-state index contributed by atoms with van der Waals surface area (Å²) >= 11 is 0. The summed E-state index contributed by atoms with van der Waals surface area (Å²) in [6, 6.07) is 7.81. The maximum Gasteiger partial charge on any atom is 0.127 e. The van der Waals surface area contributed by atoms with Crippen molar-refractivity contribution in [2.24, 2.45) is 0 Å². The molecule has 0 aliphatic rings. The maximum atomic E-state index is 5.08. The molecule has 2 aromatic heterocycles. The molecule has 0 aliphatic carbocycles. The SMILES string of the molecule is CC.c1cc2ccc1o2. The Morgan fingerprint density at radius 1 is 0.889 bits per heavy atom. The molecule has 0 atom stereocenters. The molecule has 0 spiro atoms. The van der Waals surface area contributed by atoms with Crippen LogP contribution in [0.1, 0.15) is 13.8 Å². The molecule has 48 valence electrons. The van der Waals surface area contributed by atoms with Crippen LogP contribution in [0.5, 0.6) is 0 Å². The van der Waals surface area contributed by atoms with Gasteiger partial charge < -0.3 is 4.42 Å². The van der Waals surface area contributed by atoms with Gasteiger partial charge in [-0.3, -0.25) is 0 Å². The Bertz CT molecular complexity index is 201. The summed E-state index contributed by atoms with van der Waals surface area (Å²) in [6.07, 6.45) is 0. The summed E-state index contributed by atoms with van der Waals surface area (Å²) in [5.41, 5.74) is 1.94. The Morgan fingerprint density at radius 3 is 1.33 bits per heavy atom. The van der Waals surface area contributed by atoms with Gasteiger partial charge in [-0.25, -0.2) is 0 Å². The second-order valence-electron chi connectivity index (χ2n) is 1.57. The topological polar surface area (TPSA) is 13.1 Å². The summed E-state index contributed by atoms with van der Waals surface area (Å²) < 4.78 is 5.08. The van der Waals surface area contributed by atoms with E-state index in [0.29, 0.717) is 0 Å². The van der Waals surface area contributed by atoms with Crippen molar-refractivity contribution in [1.82, 2.24) is 0 Å². The first-order chi connectivity index (χ1) is 4.45. The van der Waals surface area contributed by atoms with Crippen LogP contribution in [-0.2, 0) is 0 Å². The van der Waals surface area contributed by atoms with Crippen LogP contribution >= 0.6 is 0 Å². The molecule has 0 saturated heterocycles. The average Bonchev–Trinajstić information content (AvgIpc) is 2.53. The van der Waals surface area contributed by atoms with E-state index in [1.54, 1.807) is 0 Å². The van der Waals surface area contributed by atoms with Gasteiger partial charge in [-0.05, 0) is 24.3 Å². The van der Waals surface area contributed by atoms with Crippen molar-refractivity contribution in [3.63, 3.8) is 0 Å². The maximum absolute atomic E-state index is 5.08. The number of fused-ring (bicyclic) bond motifs is 2. The summed E-state index contributed by atoms with van der Waals surface area (Å²) in [7, 11) is 0. The highest BCUT2D eigenvalue weighted by atomic mass is 16.3. The fraction of sp³-hybridized carbons (Fsp3) is 0.250. The third-order valence-corrected chi connectivity index (χ3v) is 1.06. The van der Waals surface area contributed by atoms with Crippen molar-refractivity contribution in [1.29, 1.82) is 0 Å². The number of hydrogen-bond donors (Lipinski definition) is 0. The molecule has 0 aromatic carbocycles. The Labute approximate surface area is 54.6 Å². The van der Waals surface area contributed by atoms with Crippen molar-refractivity contribution in [3.8, 4) is 0 Å². The summed E-state index contributed by atoms with van der Waals surface area (Å²) in [6.45, 7) is 4.00. The van der Waals surface area contributed by atoms with Gasteiger partial charge in [-0.1, -0.05) is 13.8 Å². The van der Waals surface area contributed by atoms with Crippen LogP contribution in [0, 0.1) is 0 Å². The van der Waals surface area contributed by atoms with E-state index in [1.165, 1.54) is 0 Å². The van der Waals surface area contributed by atoms with Crippen LogP contribution in [0.15, 0.2) is 28.7 Å². The van der Waals surface area contributed by atoms with Gasteiger partial charge >= 0.3 is 0 Å². The Hall–Kier alpha value is -0.980. The standard InChI is InChI=1S/C6H4O.C2H6/c1-2-6-4-3-5(1)7-6;1-2/h1-4H;1-2H3. The van der Waals surface area contributed by atoms with Gasteiger partial charge in [0, 0.05) is 0 Å². The van der Waals surface area contributed by atoms with Gasteiger partial charge in [-0.2, -0.15) is 0 Å². The van der Waals surface area contributed by atoms with Crippen molar-refractivity contribution < 1.29 is 4.42 Å². The third kappa shape index (κ3) is 1.04. The quantitative estimate of drug-likeness (QED) is 0.523. The molecule has 0 radical (unpaired) electrons. The predicted octanol–water partition coefficient (Wildman–Crippen LogP) is 2.90. The van der Waals surface area contributed by atoms with E-state index >= 15 is 0 Å². The molecule has 0 N–H and O–H groups in total. The van der Waals surface area contributed by atoms with Crippen LogP contribution in [-0.4, -0.2) is 0 Å². The van der Waals surface area contributed by atoms with E-state index in [4.69, 9.17) is 4.42 Å². The lowest BCUT2D eigenvalue weighted by molar-refractivity contribution is 0.675. The highest BCUT2D eigenvalue weighted by molar-refractivity contribution is 5.59. The van der Waals surface area contributed by atoms with Gasteiger partial charge in [0.15, 0.2) is 0 Å². The molecule has 0 aliphatic heterocycles. The van der Waals surface area contributed by atoms with Crippen LogP contribution < -0.4 is 0 Å². The van der Waals surface area contributed by atoms with E-state index in [1.807, 2.05) is 38.1 Å². The molecule has 2 heterocycles. The summed E-state index contributed by atoms with van der Waals surface area (Å²) in [5, 5.41) is 0. The first-order valence-corrected chi connectivity index (χ1v) is 3.23. The summed E-state index contributed by atoms with van der Waals surface area (Å²) in [5.74, 6) is 0. The molecule has 2 aromatic rings. The highest BCUT2D eigenvalue weighted by Gasteiger charge is 1.91.